The summed E-state index contributed by atoms with van der Waals surface area (Å²) in [5.74, 6) is -0.324. The van der Waals surface area contributed by atoms with Crippen molar-refractivity contribution in [2.24, 2.45) is 0 Å². The molecular formula is C35H68O9. The molecule has 0 aliphatic carbocycles. The zero-order valence-electron chi connectivity index (χ0n) is 28.2. The maximum absolute atomic E-state index is 12.5. The third-order valence-corrected chi connectivity index (χ3v) is 8.52. The van der Waals surface area contributed by atoms with Crippen LogP contribution in [-0.2, 0) is 23.7 Å². The van der Waals surface area contributed by atoms with E-state index in [0.29, 0.717) is 13.0 Å². The summed E-state index contributed by atoms with van der Waals surface area (Å²) in [6.07, 6.45) is 18.8. The van der Waals surface area contributed by atoms with Crippen LogP contribution in [0.1, 0.15) is 155 Å². The first-order valence-electron chi connectivity index (χ1n) is 18.1. The van der Waals surface area contributed by atoms with Crippen LogP contribution in [0.25, 0.3) is 0 Å². The van der Waals surface area contributed by atoms with Gasteiger partial charge < -0.3 is 39.4 Å². The molecule has 0 aromatic heterocycles. The summed E-state index contributed by atoms with van der Waals surface area (Å²) < 4.78 is 22.5. The molecule has 1 aliphatic rings. The van der Waals surface area contributed by atoms with E-state index in [4.69, 9.17) is 18.9 Å². The molecule has 44 heavy (non-hydrogen) atoms. The summed E-state index contributed by atoms with van der Waals surface area (Å²) in [7, 11) is 0. The first-order chi connectivity index (χ1) is 21.4. The van der Waals surface area contributed by atoms with Crippen molar-refractivity contribution in [1.29, 1.82) is 0 Å². The summed E-state index contributed by atoms with van der Waals surface area (Å²) in [6, 6.07) is 0. The predicted molar refractivity (Wildman–Crippen MR) is 173 cm³/mol. The van der Waals surface area contributed by atoms with Gasteiger partial charge in [-0.15, -0.1) is 0 Å². The number of unbranched alkanes of at least 4 members (excludes halogenated alkanes) is 19. The Morgan fingerprint density at radius 1 is 0.636 bits per heavy atom. The lowest BCUT2D eigenvalue weighted by atomic mass is 9.99. The second-order valence-electron chi connectivity index (χ2n) is 12.7. The number of rotatable bonds is 30. The normalized spacial score (nSPS) is 22.7. The summed E-state index contributed by atoms with van der Waals surface area (Å²) in [6.45, 7) is 4.48. The number of hydrogen-bond acceptors (Lipinski definition) is 9. The third kappa shape index (κ3) is 20.3. The van der Waals surface area contributed by atoms with E-state index in [2.05, 4.69) is 13.8 Å². The second kappa shape index (κ2) is 28.4. The van der Waals surface area contributed by atoms with Gasteiger partial charge in [-0.1, -0.05) is 136 Å². The Morgan fingerprint density at radius 3 is 1.61 bits per heavy atom. The molecule has 0 saturated carbocycles. The average Bonchev–Trinajstić information content (AvgIpc) is 3.02. The van der Waals surface area contributed by atoms with Crippen molar-refractivity contribution in [1.82, 2.24) is 0 Å². The van der Waals surface area contributed by atoms with Crippen molar-refractivity contribution in [3.63, 3.8) is 0 Å². The van der Waals surface area contributed by atoms with Crippen LogP contribution in [0.5, 0.6) is 0 Å². The lowest BCUT2D eigenvalue weighted by Gasteiger charge is -2.39. The van der Waals surface area contributed by atoms with Crippen LogP contribution in [0.3, 0.4) is 0 Å². The lowest BCUT2D eigenvalue weighted by molar-refractivity contribution is -0.305. The smallest absolute Gasteiger partial charge is 0.306 e. The zero-order chi connectivity index (χ0) is 32.3. The number of ether oxygens (including phenoxy) is 4. The van der Waals surface area contributed by atoms with Crippen LogP contribution in [-0.4, -0.2) is 89.6 Å². The molecule has 1 heterocycles. The minimum absolute atomic E-state index is 0.108. The SMILES string of the molecule is CCCCCCCCCCCCCCCCCCOCC(COC1OC(CO)C(O)C(O)C1O)OC(=O)CCCCCCC. The Hall–Kier alpha value is -0.810. The van der Waals surface area contributed by atoms with Crippen LogP contribution in [0.4, 0.5) is 0 Å². The third-order valence-electron chi connectivity index (χ3n) is 8.52. The summed E-state index contributed by atoms with van der Waals surface area (Å²) in [5.41, 5.74) is 0. The largest absolute Gasteiger partial charge is 0.457 e. The van der Waals surface area contributed by atoms with Gasteiger partial charge in [0.25, 0.3) is 0 Å². The maximum atomic E-state index is 12.5. The van der Waals surface area contributed by atoms with Crippen molar-refractivity contribution >= 4 is 5.97 Å². The minimum Gasteiger partial charge on any atom is -0.457 e. The number of aliphatic hydroxyl groups is 4. The Morgan fingerprint density at radius 2 is 1.11 bits per heavy atom. The fourth-order valence-electron chi connectivity index (χ4n) is 5.61. The molecule has 0 spiro atoms. The van der Waals surface area contributed by atoms with Crippen LogP contribution < -0.4 is 0 Å². The highest BCUT2D eigenvalue weighted by Gasteiger charge is 2.44. The van der Waals surface area contributed by atoms with E-state index in [1.54, 1.807) is 0 Å². The Bertz CT molecular complexity index is 648. The number of aliphatic hydroxyl groups excluding tert-OH is 4. The average molecular weight is 633 g/mol. The standard InChI is InChI=1S/C35H68O9/c1-3-5-7-9-10-11-12-13-14-15-16-17-18-19-21-23-25-41-27-29(43-31(37)24-22-20-8-6-4-2)28-42-35-34(40)33(39)32(38)30(26-36)44-35/h29-30,32-36,38-40H,3-28H2,1-2H3. The Labute approximate surface area is 268 Å². The molecule has 1 aliphatic heterocycles. The molecule has 1 saturated heterocycles. The van der Waals surface area contributed by atoms with Gasteiger partial charge in [0.2, 0.25) is 0 Å². The van der Waals surface area contributed by atoms with Crippen LogP contribution in [0.2, 0.25) is 0 Å². The molecule has 9 nitrogen and oxygen atoms in total. The molecule has 1 fully saturated rings. The van der Waals surface area contributed by atoms with E-state index in [1.165, 1.54) is 89.9 Å². The molecule has 0 radical (unpaired) electrons. The van der Waals surface area contributed by atoms with Gasteiger partial charge in [0.1, 0.15) is 30.5 Å². The molecule has 0 aromatic rings. The van der Waals surface area contributed by atoms with Crippen molar-refractivity contribution < 1.29 is 44.2 Å². The monoisotopic (exact) mass is 632 g/mol. The van der Waals surface area contributed by atoms with E-state index in [9.17, 15) is 25.2 Å². The highest BCUT2D eigenvalue weighted by molar-refractivity contribution is 5.69. The van der Waals surface area contributed by atoms with Gasteiger partial charge in [-0.05, 0) is 12.8 Å². The fraction of sp³-hybridized carbons (Fsp3) is 0.971. The molecule has 6 unspecified atom stereocenters. The first kappa shape index (κ1) is 41.2. The van der Waals surface area contributed by atoms with Crippen LogP contribution in [0.15, 0.2) is 0 Å². The highest BCUT2D eigenvalue weighted by Crippen LogP contribution is 2.22. The van der Waals surface area contributed by atoms with Crippen molar-refractivity contribution in [2.45, 2.75) is 192 Å². The Kier molecular flexibility index (Phi) is 26.6. The van der Waals surface area contributed by atoms with Gasteiger partial charge in [-0.2, -0.15) is 0 Å². The molecule has 6 atom stereocenters. The summed E-state index contributed by atoms with van der Waals surface area (Å²) in [5, 5.41) is 39.7. The molecule has 0 amide bonds. The van der Waals surface area contributed by atoms with E-state index >= 15 is 0 Å². The van der Waals surface area contributed by atoms with Gasteiger partial charge in [0.05, 0.1) is 19.8 Å². The number of carbonyl (C=O) groups is 1. The second-order valence-corrected chi connectivity index (χ2v) is 12.7. The number of hydrogen-bond donors (Lipinski definition) is 4. The molecule has 0 aromatic carbocycles. The van der Waals surface area contributed by atoms with Gasteiger partial charge in [-0.3, -0.25) is 4.79 Å². The molecule has 1 rings (SSSR count). The first-order valence-corrected chi connectivity index (χ1v) is 18.1. The predicted octanol–water partition coefficient (Wildman–Crippen LogP) is 6.35. The van der Waals surface area contributed by atoms with E-state index < -0.39 is 43.4 Å². The van der Waals surface area contributed by atoms with Crippen molar-refractivity contribution in [3.8, 4) is 0 Å². The molecule has 262 valence electrons. The minimum atomic E-state index is -1.53. The van der Waals surface area contributed by atoms with E-state index in [-0.39, 0.29) is 19.2 Å². The quantitative estimate of drug-likeness (QED) is 0.0527. The van der Waals surface area contributed by atoms with Crippen LogP contribution in [0, 0.1) is 0 Å². The molecule has 4 N–H and O–H groups in total. The van der Waals surface area contributed by atoms with E-state index in [0.717, 1.165) is 44.9 Å². The van der Waals surface area contributed by atoms with Crippen molar-refractivity contribution in [2.75, 3.05) is 26.4 Å². The van der Waals surface area contributed by atoms with Crippen molar-refractivity contribution in [3.05, 3.63) is 0 Å². The van der Waals surface area contributed by atoms with E-state index in [1.807, 2.05) is 0 Å². The van der Waals surface area contributed by atoms with Crippen LogP contribution >= 0.6 is 0 Å². The topological polar surface area (TPSA) is 135 Å². The lowest BCUT2D eigenvalue weighted by Crippen LogP contribution is -2.59. The fourth-order valence-corrected chi connectivity index (χ4v) is 5.61. The number of carbonyl (C=O) groups excluding carboxylic acids is 1. The van der Waals surface area contributed by atoms with Gasteiger partial charge in [0.15, 0.2) is 6.29 Å². The zero-order valence-corrected chi connectivity index (χ0v) is 28.2. The van der Waals surface area contributed by atoms with Gasteiger partial charge >= 0.3 is 5.97 Å². The Balaban J connectivity index is 2.23. The highest BCUT2D eigenvalue weighted by atomic mass is 16.7. The van der Waals surface area contributed by atoms with Gasteiger partial charge in [-0.25, -0.2) is 0 Å². The molecular weight excluding hydrogens is 564 g/mol. The van der Waals surface area contributed by atoms with Gasteiger partial charge in [0, 0.05) is 13.0 Å². The number of esters is 1. The molecule has 9 heteroatoms. The summed E-state index contributed by atoms with van der Waals surface area (Å²) in [4.78, 5) is 12.5. The molecule has 0 bridgehead atoms. The summed E-state index contributed by atoms with van der Waals surface area (Å²) >= 11 is 0. The maximum Gasteiger partial charge on any atom is 0.306 e.